The number of fused-ring (bicyclic) bond motifs is 5. The number of aryl methyl sites for hydroxylation is 1. The summed E-state index contributed by atoms with van der Waals surface area (Å²) < 4.78 is 10.8. The van der Waals surface area contributed by atoms with E-state index in [4.69, 9.17) is 4.74 Å². The highest BCUT2D eigenvalue weighted by Gasteiger charge is 2.24. The summed E-state index contributed by atoms with van der Waals surface area (Å²) in [6.45, 7) is 0. The molecule has 0 radical (unpaired) electrons. The summed E-state index contributed by atoms with van der Waals surface area (Å²) in [6.07, 6.45) is 6.28. The molecule has 5 nitrogen and oxygen atoms in total. The minimum absolute atomic E-state index is 0.0268. The largest absolute Gasteiger partial charge is 0.486 e. The number of nitrogens with zero attached hydrogens (tertiary/aromatic N) is 1. The van der Waals surface area contributed by atoms with E-state index < -0.39 is 4.92 Å². The maximum atomic E-state index is 10.8. The Morgan fingerprint density at radius 1 is 0.818 bits per heavy atom. The van der Waals surface area contributed by atoms with Gasteiger partial charge in [0, 0.05) is 12.1 Å². The molecule has 5 heteroatoms. The van der Waals surface area contributed by atoms with E-state index >= 15 is 0 Å². The molecule has 1 aliphatic rings. The third-order valence-electron chi connectivity index (χ3n) is 6.07. The van der Waals surface area contributed by atoms with Crippen molar-refractivity contribution in [1.82, 2.24) is 0 Å². The molecule has 1 aromatic heterocycles. The minimum Gasteiger partial charge on any atom is -0.486 e. The Hall–Kier alpha value is -4.12. The van der Waals surface area contributed by atoms with Crippen molar-refractivity contribution in [2.45, 2.75) is 25.4 Å². The van der Waals surface area contributed by atoms with Crippen LogP contribution in [0.25, 0.3) is 21.5 Å². The van der Waals surface area contributed by atoms with E-state index in [2.05, 4.69) is 52.9 Å². The lowest BCUT2D eigenvalue weighted by Gasteiger charge is -2.27. The highest BCUT2D eigenvalue weighted by molar-refractivity contribution is 6.08. The van der Waals surface area contributed by atoms with Crippen molar-refractivity contribution in [3.63, 3.8) is 0 Å². The molecule has 0 saturated heterocycles. The number of hydrogen-bond donors (Lipinski definition) is 0. The zero-order valence-corrected chi connectivity index (χ0v) is 18.0. The number of non-ortho nitro benzene ring substituents is 1. The summed E-state index contributed by atoms with van der Waals surface area (Å²) in [7, 11) is 0. The van der Waals surface area contributed by atoms with Crippen LogP contribution in [0.2, 0.25) is 0 Å². The number of hydrogen-bond acceptors (Lipinski definition) is 4. The van der Waals surface area contributed by atoms with E-state index in [0.717, 1.165) is 19.3 Å². The molecular weight excluding hydrogens is 414 g/mol. The average molecular weight is 437 g/mol. The van der Waals surface area contributed by atoms with Crippen LogP contribution >= 0.6 is 0 Å². The Kier molecular flexibility index (Phi) is 5.77. The quantitative estimate of drug-likeness (QED) is 0.165. The third kappa shape index (κ3) is 4.30. The van der Waals surface area contributed by atoms with Gasteiger partial charge in [0.25, 0.3) is 5.69 Å². The molecule has 164 valence electrons. The van der Waals surface area contributed by atoms with E-state index in [1.165, 1.54) is 44.8 Å². The van der Waals surface area contributed by atoms with E-state index in [0.29, 0.717) is 5.75 Å². The Bertz CT molecular complexity index is 1370. The van der Waals surface area contributed by atoms with Gasteiger partial charge in [0.2, 0.25) is 0 Å². The van der Waals surface area contributed by atoms with Crippen molar-refractivity contribution >= 4 is 27.2 Å². The molecule has 1 heterocycles. The molecular formula is C28H23NO4. The monoisotopic (exact) mass is 437 g/mol. The van der Waals surface area contributed by atoms with Crippen LogP contribution in [0.3, 0.4) is 0 Å². The van der Waals surface area contributed by atoms with E-state index in [1.54, 1.807) is 24.7 Å². The Balaban J connectivity index is 0.000000406. The fraction of sp³-hybridized carbons (Fsp3) is 0.143. The maximum absolute atomic E-state index is 10.8. The molecule has 33 heavy (non-hydrogen) atoms. The number of benzene rings is 4. The van der Waals surface area contributed by atoms with Gasteiger partial charge in [-0.05, 0) is 76.2 Å². The lowest BCUT2D eigenvalue weighted by Crippen LogP contribution is -2.15. The molecule has 4 aromatic carbocycles. The summed E-state index contributed by atoms with van der Waals surface area (Å²) in [5, 5.41) is 16.0. The van der Waals surface area contributed by atoms with Gasteiger partial charge in [0.05, 0.1) is 17.4 Å². The molecule has 0 bridgehead atoms. The number of nitro groups is 1. The molecule has 0 saturated carbocycles. The highest BCUT2D eigenvalue weighted by Crippen LogP contribution is 2.39. The number of rotatable bonds is 3. The van der Waals surface area contributed by atoms with Crippen LogP contribution < -0.4 is 4.74 Å². The van der Waals surface area contributed by atoms with Gasteiger partial charge < -0.3 is 9.15 Å². The fourth-order valence-corrected chi connectivity index (χ4v) is 4.53. The SMILES string of the molecule is O=[N+]([O-])c1ccc(OC2CCCc3c2ccc2c3ccc3ccccc32)cc1.c1ccoc1. The second kappa shape index (κ2) is 9.17. The Morgan fingerprint density at radius 3 is 2.30 bits per heavy atom. The lowest BCUT2D eigenvalue weighted by atomic mass is 9.85. The van der Waals surface area contributed by atoms with Crippen LogP contribution in [0.5, 0.6) is 5.75 Å². The molecule has 0 N–H and O–H groups in total. The summed E-state index contributed by atoms with van der Waals surface area (Å²) in [5.41, 5.74) is 2.67. The topological polar surface area (TPSA) is 65.5 Å². The van der Waals surface area contributed by atoms with Crippen molar-refractivity contribution in [2.24, 2.45) is 0 Å². The Morgan fingerprint density at radius 2 is 1.58 bits per heavy atom. The summed E-state index contributed by atoms with van der Waals surface area (Å²) in [5.74, 6) is 0.669. The van der Waals surface area contributed by atoms with Gasteiger partial charge in [-0.15, -0.1) is 0 Å². The van der Waals surface area contributed by atoms with Gasteiger partial charge in [-0.25, -0.2) is 0 Å². The van der Waals surface area contributed by atoms with Crippen LogP contribution in [0.15, 0.2) is 102 Å². The van der Waals surface area contributed by atoms with E-state index in [1.807, 2.05) is 12.1 Å². The third-order valence-corrected chi connectivity index (χ3v) is 6.07. The van der Waals surface area contributed by atoms with Crippen LogP contribution in [0.4, 0.5) is 5.69 Å². The van der Waals surface area contributed by atoms with E-state index in [9.17, 15) is 10.1 Å². The van der Waals surface area contributed by atoms with Crippen molar-refractivity contribution in [3.8, 4) is 5.75 Å². The first-order valence-corrected chi connectivity index (χ1v) is 11.0. The number of nitro benzene ring substituents is 1. The summed E-state index contributed by atoms with van der Waals surface area (Å²) >= 11 is 0. The standard InChI is InChI=1S/C24H19NO3.C4H4O/c26-25(27)17-9-11-18(12-10-17)28-24-7-3-6-20-22-13-8-16-4-1-2-5-19(16)21(22)14-15-23(20)24;1-2-4-5-3-1/h1-2,4-5,8-15,24H,3,6-7H2;1-4H. The minimum atomic E-state index is -0.393. The molecule has 0 amide bonds. The summed E-state index contributed by atoms with van der Waals surface area (Å²) in [6, 6.07) is 27.3. The molecule has 5 aromatic rings. The molecule has 1 unspecified atom stereocenters. The second-order valence-corrected chi connectivity index (χ2v) is 8.06. The van der Waals surface area contributed by atoms with Crippen LogP contribution in [0, 0.1) is 10.1 Å². The molecule has 6 rings (SSSR count). The molecule has 0 fully saturated rings. The zero-order valence-electron chi connectivity index (χ0n) is 18.0. The van der Waals surface area contributed by atoms with Crippen LogP contribution in [-0.2, 0) is 6.42 Å². The summed E-state index contributed by atoms with van der Waals surface area (Å²) in [4.78, 5) is 10.5. The maximum Gasteiger partial charge on any atom is 0.269 e. The zero-order chi connectivity index (χ0) is 22.6. The second-order valence-electron chi connectivity index (χ2n) is 8.06. The van der Waals surface area contributed by atoms with Crippen LogP contribution in [0.1, 0.15) is 30.1 Å². The lowest BCUT2D eigenvalue weighted by molar-refractivity contribution is -0.384. The fourth-order valence-electron chi connectivity index (χ4n) is 4.53. The molecule has 0 aliphatic heterocycles. The first-order valence-electron chi connectivity index (χ1n) is 11.0. The predicted octanol–water partition coefficient (Wildman–Crippen LogP) is 7.64. The van der Waals surface area contributed by atoms with Crippen molar-refractivity contribution < 1.29 is 14.1 Å². The van der Waals surface area contributed by atoms with E-state index in [-0.39, 0.29) is 11.8 Å². The molecule has 1 atom stereocenters. The average Bonchev–Trinajstić information content (AvgIpc) is 3.45. The van der Waals surface area contributed by atoms with Crippen LogP contribution in [-0.4, -0.2) is 4.92 Å². The number of furan rings is 1. The molecule has 1 aliphatic carbocycles. The van der Waals surface area contributed by atoms with Crippen molar-refractivity contribution in [2.75, 3.05) is 0 Å². The van der Waals surface area contributed by atoms with Gasteiger partial charge in [-0.3, -0.25) is 10.1 Å². The van der Waals surface area contributed by atoms with Crippen molar-refractivity contribution in [1.29, 1.82) is 0 Å². The highest BCUT2D eigenvalue weighted by atomic mass is 16.6. The first kappa shape index (κ1) is 20.8. The van der Waals surface area contributed by atoms with Gasteiger partial charge in [-0.2, -0.15) is 0 Å². The first-order chi connectivity index (χ1) is 16.2. The Labute approximate surface area is 191 Å². The predicted molar refractivity (Wildman–Crippen MR) is 130 cm³/mol. The van der Waals surface area contributed by atoms with Gasteiger partial charge in [-0.1, -0.05) is 48.5 Å². The van der Waals surface area contributed by atoms with Crippen molar-refractivity contribution in [3.05, 3.63) is 119 Å². The molecule has 0 spiro atoms. The van der Waals surface area contributed by atoms with Gasteiger partial charge in [0.15, 0.2) is 0 Å². The number of ether oxygens (including phenoxy) is 1. The normalized spacial score (nSPS) is 14.8. The smallest absolute Gasteiger partial charge is 0.269 e. The van der Waals surface area contributed by atoms with Gasteiger partial charge in [0.1, 0.15) is 11.9 Å². The van der Waals surface area contributed by atoms with Gasteiger partial charge >= 0.3 is 0 Å².